The molecule has 1 amide bonds. The summed E-state index contributed by atoms with van der Waals surface area (Å²) in [6.07, 6.45) is 4.27. The van der Waals surface area contributed by atoms with E-state index in [1.807, 2.05) is 43.5 Å². The second kappa shape index (κ2) is 7.81. The molecule has 110 valence electrons. The monoisotopic (exact) mass is 301 g/mol. The van der Waals surface area contributed by atoms with E-state index in [4.69, 9.17) is 5.73 Å². The summed E-state index contributed by atoms with van der Waals surface area (Å²) >= 11 is 1.73. The van der Waals surface area contributed by atoms with Crippen molar-refractivity contribution in [1.82, 2.24) is 4.98 Å². The van der Waals surface area contributed by atoms with Gasteiger partial charge in [-0.2, -0.15) is 0 Å². The van der Waals surface area contributed by atoms with Crippen molar-refractivity contribution >= 4 is 23.4 Å². The summed E-state index contributed by atoms with van der Waals surface area (Å²) in [7, 11) is 0. The van der Waals surface area contributed by atoms with Gasteiger partial charge in [0.25, 0.3) is 0 Å². The number of thioether (sulfide) groups is 1. The van der Waals surface area contributed by atoms with Gasteiger partial charge < -0.3 is 11.1 Å². The number of hydrogen-bond donors (Lipinski definition) is 2. The topological polar surface area (TPSA) is 68.0 Å². The van der Waals surface area contributed by atoms with Crippen LogP contribution in [0, 0.1) is 0 Å². The molecule has 21 heavy (non-hydrogen) atoms. The molecule has 0 unspecified atom stereocenters. The van der Waals surface area contributed by atoms with Crippen LogP contribution in [0.1, 0.15) is 18.9 Å². The lowest BCUT2D eigenvalue weighted by Crippen LogP contribution is -2.34. The Hall–Kier alpha value is -1.85. The van der Waals surface area contributed by atoms with E-state index < -0.39 is 6.04 Å². The molecule has 0 aliphatic rings. The lowest BCUT2D eigenvalue weighted by Gasteiger charge is -2.10. The molecule has 1 heterocycles. The fraction of sp³-hybridized carbons (Fsp3) is 0.250. The van der Waals surface area contributed by atoms with E-state index >= 15 is 0 Å². The summed E-state index contributed by atoms with van der Waals surface area (Å²) in [6.45, 7) is 1.89. The van der Waals surface area contributed by atoms with Gasteiger partial charge in [0.2, 0.25) is 5.91 Å². The maximum atomic E-state index is 11.7. The molecule has 2 aromatic rings. The number of benzene rings is 1. The first-order valence-electron chi connectivity index (χ1n) is 6.87. The Morgan fingerprint density at radius 2 is 2.10 bits per heavy atom. The highest BCUT2D eigenvalue weighted by Crippen LogP contribution is 2.23. The van der Waals surface area contributed by atoms with Gasteiger partial charge in [-0.05, 0) is 42.3 Å². The smallest absolute Gasteiger partial charge is 0.241 e. The number of nitrogens with zero attached hydrogens (tertiary/aromatic N) is 1. The third-order valence-electron chi connectivity index (χ3n) is 3.03. The lowest BCUT2D eigenvalue weighted by molar-refractivity contribution is -0.117. The summed E-state index contributed by atoms with van der Waals surface area (Å²) in [4.78, 5) is 16.9. The Kier molecular flexibility index (Phi) is 5.78. The van der Waals surface area contributed by atoms with Crippen LogP contribution >= 0.6 is 11.8 Å². The molecule has 0 saturated carbocycles. The molecule has 3 N–H and O–H groups in total. The van der Waals surface area contributed by atoms with Crippen LogP contribution in [0.3, 0.4) is 0 Å². The molecular formula is C16H19N3OS. The van der Waals surface area contributed by atoms with Gasteiger partial charge in [0.15, 0.2) is 0 Å². The number of nitrogens with one attached hydrogen (secondary N) is 1. The summed E-state index contributed by atoms with van der Waals surface area (Å²) in [5.74, 6) is 0.730. The number of amides is 1. The average molecular weight is 301 g/mol. The van der Waals surface area contributed by atoms with Crippen LogP contribution in [0.15, 0.2) is 53.7 Å². The number of rotatable bonds is 6. The van der Waals surface area contributed by atoms with Crippen molar-refractivity contribution in [2.75, 3.05) is 5.32 Å². The SMILES string of the molecule is CC[C@H](N)C(=O)Nc1ccc(SCc2cccnc2)cc1. The van der Waals surface area contributed by atoms with Gasteiger partial charge in [0.05, 0.1) is 6.04 Å². The number of carbonyl (C=O) groups excluding carboxylic acids is 1. The van der Waals surface area contributed by atoms with Gasteiger partial charge in [-0.3, -0.25) is 9.78 Å². The van der Waals surface area contributed by atoms with Crippen LogP contribution in [0.4, 0.5) is 5.69 Å². The first kappa shape index (κ1) is 15.5. The Labute approximate surface area is 129 Å². The lowest BCUT2D eigenvalue weighted by atomic mass is 10.2. The molecule has 4 nitrogen and oxygen atoms in total. The van der Waals surface area contributed by atoms with Crippen LogP contribution < -0.4 is 11.1 Å². The van der Waals surface area contributed by atoms with Gasteiger partial charge in [0, 0.05) is 28.7 Å². The third-order valence-corrected chi connectivity index (χ3v) is 4.11. The normalized spacial score (nSPS) is 11.9. The summed E-state index contributed by atoms with van der Waals surface area (Å²) in [5.41, 5.74) is 7.65. The summed E-state index contributed by atoms with van der Waals surface area (Å²) in [6, 6.07) is 11.3. The maximum Gasteiger partial charge on any atom is 0.241 e. The Balaban J connectivity index is 1.88. The fourth-order valence-electron chi connectivity index (χ4n) is 1.71. The van der Waals surface area contributed by atoms with Crippen LogP contribution in [-0.2, 0) is 10.5 Å². The predicted octanol–water partition coefficient (Wildman–Crippen LogP) is 3.05. The number of hydrogen-bond acceptors (Lipinski definition) is 4. The molecule has 0 fully saturated rings. The average Bonchev–Trinajstić information content (AvgIpc) is 2.54. The van der Waals surface area contributed by atoms with Crippen molar-refractivity contribution in [3.8, 4) is 0 Å². The van der Waals surface area contributed by atoms with Crippen molar-refractivity contribution < 1.29 is 4.79 Å². The number of anilines is 1. The zero-order valence-corrected chi connectivity index (χ0v) is 12.8. The highest BCUT2D eigenvalue weighted by molar-refractivity contribution is 7.98. The number of carbonyl (C=O) groups is 1. The first-order valence-corrected chi connectivity index (χ1v) is 7.86. The molecule has 2 rings (SSSR count). The van der Waals surface area contributed by atoms with Gasteiger partial charge in [-0.15, -0.1) is 11.8 Å². The Morgan fingerprint density at radius 3 is 2.71 bits per heavy atom. The minimum Gasteiger partial charge on any atom is -0.325 e. The highest BCUT2D eigenvalue weighted by atomic mass is 32.2. The van der Waals surface area contributed by atoms with E-state index in [1.54, 1.807) is 18.0 Å². The summed E-state index contributed by atoms with van der Waals surface area (Å²) < 4.78 is 0. The number of nitrogens with two attached hydrogens (primary N) is 1. The number of pyridine rings is 1. The largest absolute Gasteiger partial charge is 0.325 e. The van der Waals surface area contributed by atoms with Crippen molar-refractivity contribution in [2.24, 2.45) is 5.73 Å². The standard InChI is InChI=1S/C16H19N3OS/c1-2-15(17)16(20)19-13-5-7-14(8-6-13)21-11-12-4-3-9-18-10-12/h3-10,15H,2,11,17H2,1H3,(H,19,20)/t15-/m0/s1. The van der Waals surface area contributed by atoms with E-state index in [0.29, 0.717) is 6.42 Å². The molecular weight excluding hydrogens is 282 g/mol. The third kappa shape index (κ3) is 4.88. The molecule has 0 spiro atoms. The van der Waals surface area contributed by atoms with Crippen LogP contribution in [0.25, 0.3) is 0 Å². The van der Waals surface area contributed by atoms with Crippen molar-refractivity contribution in [3.05, 3.63) is 54.4 Å². The molecule has 5 heteroatoms. The van der Waals surface area contributed by atoms with Gasteiger partial charge in [-0.25, -0.2) is 0 Å². The first-order chi connectivity index (χ1) is 10.2. The molecule has 1 aromatic carbocycles. The minimum absolute atomic E-state index is 0.145. The summed E-state index contributed by atoms with van der Waals surface area (Å²) in [5, 5.41) is 2.81. The molecule has 1 atom stereocenters. The minimum atomic E-state index is -0.454. The molecule has 1 aromatic heterocycles. The quantitative estimate of drug-likeness (QED) is 0.805. The van der Waals surface area contributed by atoms with E-state index in [-0.39, 0.29) is 5.91 Å². The van der Waals surface area contributed by atoms with Crippen molar-refractivity contribution in [3.63, 3.8) is 0 Å². The molecule has 0 aliphatic heterocycles. The molecule has 0 saturated heterocycles. The van der Waals surface area contributed by atoms with Crippen molar-refractivity contribution in [2.45, 2.75) is 30.0 Å². The number of aromatic nitrogens is 1. The van der Waals surface area contributed by atoms with Gasteiger partial charge in [0.1, 0.15) is 0 Å². The molecule has 0 bridgehead atoms. The molecule has 0 aliphatic carbocycles. The zero-order valence-electron chi connectivity index (χ0n) is 12.0. The van der Waals surface area contributed by atoms with Gasteiger partial charge in [-0.1, -0.05) is 13.0 Å². The fourth-order valence-corrected chi connectivity index (χ4v) is 2.54. The highest BCUT2D eigenvalue weighted by Gasteiger charge is 2.10. The second-order valence-corrected chi connectivity index (χ2v) is 5.73. The van der Waals surface area contributed by atoms with E-state index in [0.717, 1.165) is 16.3 Å². The van der Waals surface area contributed by atoms with Gasteiger partial charge >= 0.3 is 0 Å². The van der Waals surface area contributed by atoms with Crippen LogP contribution in [0.5, 0.6) is 0 Å². The van der Waals surface area contributed by atoms with E-state index in [1.165, 1.54) is 5.56 Å². The van der Waals surface area contributed by atoms with Crippen LogP contribution in [0.2, 0.25) is 0 Å². The maximum absolute atomic E-state index is 11.7. The molecule has 0 radical (unpaired) electrons. The van der Waals surface area contributed by atoms with E-state index in [2.05, 4.69) is 16.4 Å². The second-order valence-electron chi connectivity index (χ2n) is 4.68. The Morgan fingerprint density at radius 1 is 1.33 bits per heavy atom. The Bertz CT molecular complexity index is 572. The van der Waals surface area contributed by atoms with Crippen LogP contribution in [-0.4, -0.2) is 16.9 Å². The van der Waals surface area contributed by atoms with Crippen molar-refractivity contribution in [1.29, 1.82) is 0 Å². The van der Waals surface area contributed by atoms with E-state index in [9.17, 15) is 4.79 Å². The predicted molar refractivity (Wildman–Crippen MR) is 87.1 cm³/mol. The zero-order chi connectivity index (χ0) is 15.1.